The first-order chi connectivity index (χ1) is 7.72. The first-order valence-electron chi connectivity index (χ1n) is 5.79. The Morgan fingerprint density at radius 3 is 2.94 bits per heavy atom. The summed E-state index contributed by atoms with van der Waals surface area (Å²) in [7, 11) is 0. The van der Waals surface area contributed by atoms with Gasteiger partial charge in [0.05, 0.1) is 15.2 Å². The van der Waals surface area contributed by atoms with Gasteiger partial charge >= 0.3 is 0 Å². The third-order valence-electron chi connectivity index (χ3n) is 2.99. The molecule has 0 aliphatic rings. The van der Waals surface area contributed by atoms with Gasteiger partial charge in [-0.2, -0.15) is 0 Å². The van der Waals surface area contributed by atoms with E-state index in [2.05, 4.69) is 37.0 Å². The summed E-state index contributed by atoms with van der Waals surface area (Å²) in [5, 5.41) is 1.14. The van der Waals surface area contributed by atoms with Gasteiger partial charge in [-0.1, -0.05) is 19.4 Å². The first kappa shape index (κ1) is 11.6. The summed E-state index contributed by atoms with van der Waals surface area (Å²) in [6.45, 7) is 5.03. The van der Waals surface area contributed by atoms with Crippen LogP contribution in [0.3, 0.4) is 0 Å². The average Bonchev–Trinajstić information content (AvgIpc) is 2.65. The number of rotatable bonds is 4. The van der Waals surface area contributed by atoms with E-state index < -0.39 is 0 Å². The standard InChI is InChI=1S/C13H18N2S/c1-3-10(8-14)6-11-4-5-12-13(7-11)16-9(2)15-12/h4-5,7,10H,3,6,8,14H2,1-2H3. The normalized spacial score (nSPS) is 13.2. The monoisotopic (exact) mass is 234 g/mol. The lowest BCUT2D eigenvalue weighted by molar-refractivity contribution is 0.519. The molecule has 0 spiro atoms. The van der Waals surface area contributed by atoms with Crippen LogP contribution in [0.4, 0.5) is 0 Å². The van der Waals surface area contributed by atoms with E-state index >= 15 is 0 Å². The number of aryl methyl sites for hydroxylation is 1. The highest BCUT2D eigenvalue weighted by Crippen LogP contribution is 2.24. The van der Waals surface area contributed by atoms with E-state index in [1.54, 1.807) is 11.3 Å². The number of benzene rings is 1. The lowest BCUT2D eigenvalue weighted by Crippen LogP contribution is -2.15. The highest BCUT2D eigenvalue weighted by atomic mass is 32.1. The molecule has 0 fully saturated rings. The van der Waals surface area contributed by atoms with Crippen LogP contribution in [0.15, 0.2) is 18.2 Å². The predicted molar refractivity (Wildman–Crippen MR) is 70.9 cm³/mol. The van der Waals surface area contributed by atoms with Crippen molar-refractivity contribution in [1.29, 1.82) is 0 Å². The van der Waals surface area contributed by atoms with Crippen molar-refractivity contribution in [2.24, 2.45) is 11.7 Å². The Kier molecular flexibility index (Phi) is 3.56. The lowest BCUT2D eigenvalue weighted by atomic mass is 9.97. The number of thiazole rings is 1. The second-order valence-corrected chi connectivity index (χ2v) is 5.48. The first-order valence-corrected chi connectivity index (χ1v) is 6.60. The molecular formula is C13H18N2S. The van der Waals surface area contributed by atoms with E-state index in [4.69, 9.17) is 5.73 Å². The topological polar surface area (TPSA) is 38.9 Å². The molecule has 2 aromatic rings. The SMILES string of the molecule is CCC(CN)Cc1ccc2nc(C)sc2c1. The Balaban J connectivity index is 2.24. The second-order valence-electron chi connectivity index (χ2n) is 4.25. The van der Waals surface area contributed by atoms with Crippen LogP contribution in [0, 0.1) is 12.8 Å². The molecule has 2 rings (SSSR count). The van der Waals surface area contributed by atoms with Crippen LogP contribution in [-0.2, 0) is 6.42 Å². The minimum absolute atomic E-state index is 0.603. The van der Waals surface area contributed by atoms with Crippen LogP contribution in [-0.4, -0.2) is 11.5 Å². The zero-order valence-electron chi connectivity index (χ0n) is 9.86. The third kappa shape index (κ3) is 2.42. The molecule has 0 amide bonds. The Morgan fingerprint density at radius 2 is 2.25 bits per heavy atom. The highest BCUT2D eigenvalue weighted by molar-refractivity contribution is 7.18. The minimum atomic E-state index is 0.603. The molecule has 1 aromatic heterocycles. The van der Waals surface area contributed by atoms with E-state index in [0.29, 0.717) is 5.92 Å². The Bertz CT molecular complexity index is 472. The molecule has 0 bridgehead atoms. The number of nitrogens with two attached hydrogens (primary N) is 1. The van der Waals surface area contributed by atoms with Crippen molar-refractivity contribution < 1.29 is 0 Å². The summed E-state index contributed by atoms with van der Waals surface area (Å²) in [5.74, 6) is 0.603. The van der Waals surface area contributed by atoms with Crippen molar-refractivity contribution in [3.63, 3.8) is 0 Å². The number of hydrogen-bond donors (Lipinski definition) is 1. The molecule has 0 radical (unpaired) electrons. The predicted octanol–water partition coefficient (Wildman–Crippen LogP) is 3.13. The fraction of sp³-hybridized carbons (Fsp3) is 0.462. The molecule has 1 atom stereocenters. The molecule has 1 aromatic carbocycles. The van der Waals surface area contributed by atoms with Crippen molar-refractivity contribution in [3.8, 4) is 0 Å². The molecule has 2 nitrogen and oxygen atoms in total. The fourth-order valence-electron chi connectivity index (χ4n) is 1.94. The molecule has 0 saturated heterocycles. The number of nitrogens with zero attached hydrogens (tertiary/aromatic N) is 1. The Hall–Kier alpha value is -0.930. The lowest BCUT2D eigenvalue weighted by Gasteiger charge is -2.11. The van der Waals surface area contributed by atoms with E-state index in [1.807, 2.05) is 0 Å². The van der Waals surface area contributed by atoms with Crippen LogP contribution >= 0.6 is 11.3 Å². The summed E-state index contributed by atoms with van der Waals surface area (Å²) in [5.41, 5.74) is 8.24. The van der Waals surface area contributed by atoms with Gasteiger partial charge in [0.2, 0.25) is 0 Å². The third-order valence-corrected chi connectivity index (χ3v) is 3.93. The second kappa shape index (κ2) is 4.93. The molecule has 1 unspecified atom stereocenters. The molecule has 0 aliphatic carbocycles. The van der Waals surface area contributed by atoms with Gasteiger partial charge < -0.3 is 5.73 Å². The van der Waals surface area contributed by atoms with Crippen LogP contribution in [0.1, 0.15) is 23.9 Å². The minimum Gasteiger partial charge on any atom is -0.330 e. The molecule has 0 aliphatic heterocycles. The summed E-state index contributed by atoms with van der Waals surface area (Å²) in [6, 6.07) is 6.57. The van der Waals surface area contributed by atoms with Crippen molar-refractivity contribution in [3.05, 3.63) is 28.8 Å². The van der Waals surface area contributed by atoms with Crippen LogP contribution in [0.2, 0.25) is 0 Å². The van der Waals surface area contributed by atoms with Crippen LogP contribution in [0.5, 0.6) is 0 Å². The Morgan fingerprint density at radius 1 is 1.44 bits per heavy atom. The summed E-state index contributed by atoms with van der Waals surface area (Å²) < 4.78 is 1.29. The number of aromatic nitrogens is 1. The van der Waals surface area contributed by atoms with Gasteiger partial charge in [0, 0.05) is 0 Å². The molecule has 0 saturated carbocycles. The van der Waals surface area contributed by atoms with E-state index in [-0.39, 0.29) is 0 Å². The fourth-order valence-corrected chi connectivity index (χ4v) is 2.83. The maximum Gasteiger partial charge on any atom is 0.0907 e. The molecule has 3 heteroatoms. The van der Waals surface area contributed by atoms with Crippen LogP contribution < -0.4 is 5.73 Å². The van der Waals surface area contributed by atoms with Gasteiger partial charge in [0.25, 0.3) is 0 Å². The summed E-state index contributed by atoms with van der Waals surface area (Å²) in [4.78, 5) is 4.47. The number of hydrogen-bond acceptors (Lipinski definition) is 3. The van der Waals surface area contributed by atoms with Crippen molar-refractivity contribution >= 4 is 21.6 Å². The smallest absolute Gasteiger partial charge is 0.0907 e. The maximum absolute atomic E-state index is 5.74. The summed E-state index contributed by atoms with van der Waals surface area (Å²) in [6.07, 6.45) is 2.23. The average molecular weight is 234 g/mol. The van der Waals surface area contributed by atoms with E-state index in [0.717, 1.165) is 29.9 Å². The molecule has 1 heterocycles. The van der Waals surface area contributed by atoms with Gasteiger partial charge in [-0.15, -0.1) is 11.3 Å². The molecule has 86 valence electrons. The van der Waals surface area contributed by atoms with Gasteiger partial charge in [0.15, 0.2) is 0 Å². The quantitative estimate of drug-likeness (QED) is 0.882. The van der Waals surface area contributed by atoms with E-state index in [9.17, 15) is 0 Å². The Labute approximate surface area is 101 Å². The van der Waals surface area contributed by atoms with Gasteiger partial charge in [0.1, 0.15) is 0 Å². The zero-order valence-corrected chi connectivity index (χ0v) is 10.7. The molecule has 16 heavy (non-hydrogen) atoms. The van der Waals surface area contributed by atoms with Crippen LogP contribution in [0.25, 0.3) is 10.2 Å². The maximum atomic E-state index is 5.74. The molecular weight excluding hydrogens is 216 g/mol. The highest BCUT2D eigenvalue weighted by Gasteiger charge is 2.07. The van der Waals surface area contributed by atoms with Gasteiger partial charge in [-0.05, 0) is 43.5 Å². The van der Waals surface area contributed by atoms with Crippen molar-refractivity contribution in [2.45, 2.75) is 26.7 Å². The van der Waals surface area contributed by atoms with E-state index in [1.165, 1.54) is 10.3 Å². The van der Waals surface area contributed by atoms with Crippen molar-refractivity contribution in [2.75, 3.05) is 6.54 Å². The van der Waals surface area contributed by atoms with Crippen molar-refractivity contribution in [1.82, 2.24) is 4.98 Å². The van der Waals surface area contributed by atoms with Gasteiger partial charge in [-0.3, -0.25) is 0 Å². The molecule has 2 N–H and O–H groups in total. The van der Waals surface area contributed by atoms with Gasteiger partial charge in [-0.25, -0.2) is 4.98 Å². The largest absolute Gasteiger partial charge is 0.330 e. The summed E-state index contributed by atoms with van der Waals surface area (Å²) >= 11 is 1.77. The zero-order chi connectivity index (χ0) is 11.5. The number of fused-ring (bicyclic) bond motifs is 1.